The topological polar surface area (TPSA) is 376 Å². The second-order valence-electron chi connectivity index (χ2n) is 37.8. The number of rotatable bonds is 17. The summed E-state index contributed by atoms with van der Waals surface area (Å²) in [5.41, 5.74) is 28.8. The number of fused-ring (bicyclic) bond motifs is 12. The van der Waals surface area contributed by atoms with E-state index in [1.54, 1.807) is 37.4 Å². The van der Waals surface area contributed by atoms with Gasteiger partial charge in [0.05, 0.1) is 79.4 Å². The normalized spacial score (nSPS) is 21.8. The molecule has 0 atom stereocenters. The van der Waals surface area contributed by atoms with Crippen molar-refractivity contribution in [3.05, 3.63) is 188 Å². The number of pyridine rings is 2. The Labute approximate surface area is 799 Å². The molecule has 24 rings (SSSR count). The molecule has 4 saturated heterocycles. The highest BCUT2D eigenvalue weighted by Gasteiger charge is 2.34. The number of halogens is 2. The van der Waals surface area contributed by atoms with Crippen LogP contribution in [-0.4, -0.2) is 258 Å². The van der Waals surface area contributed by atoms with Crippen LogP contribution in [0.1, 0.15) is 108 Å². The highest BCUT2D eigenvalue weighted by molar-refractivity contribution is 7.90. The zero-order valence-corrected chi connectivity index (χ0v) is 79.0. The molecule has 33 heteroatoms. The van der Waals surface area contributed by atoms with Crippen molar-refractivity contribution in [1.82, 2.24) is 89.4 Å². The van der Waals surface area contributed by atoms with Gasteiger partial charge in [0.15, 0.2) is 9.84 Å². The highest BCUT2D eigenvalue weighted by Crippen LogP contribution is 2.43. The van der Waals surface area contributed by atoms with Crippen molar-refractivity contribution < 1.29 is 31.8 Å². The minimum absolute atomic E-state index is 0.298. The molecule has 6 aromatic carbocycles. The van der Waals surface area contributed by atoms with Crippen LogP contribution in [0.4, 0.5) is 39.2 Å². The summed E-state index contributed by atoms with van der Waals surface area (Å²) in [5.74, 6) is 3.30. The number of nitrogen functional groups attached to an aromatic ring is 2. The van der Waals surface area contributed by atoms with Crippen LogP contribution in [0.5, 0.6) is 0 Å². The number of ether oxygens (including phenoxy) is 4. The first kappa shape index (κ1) is 91.2. The van der Waals surface area contributed by atoms with E-state index in [2.05, 4.69) is 178 Å². The first-order valence-corrected chi connectivity index (χ1v) is 50.9. The predicted octanol–water partition coefficient (Wildman–Crippen LogP) is 17.8. The summed E-state index contributed by atoms with van der Waals surface area (Å²) < 4.78 is 60.3. The Balaban J connectivity index is 0.000000109. The molecule has 4 aliphatic carbocycles. The van der Waals surface area contributed by atoms with Crippen LogP contribution in [0.3, 0.4) is 0 Å². The van der Waals surface area contributed by atoms with E-state index in [-0.39, 0.29) is 4.90 Å². The Bertz CT molecular complexity index is 7090. The first-order chi connectivity index (χ1) is 67.0. The van der Waals surface area contributed by atoms with Gasteiger partial charge in [0, 0.05) is 186 Å². The lowest BCUT2D eigenvalue weighted by Gasteiger charge is -2.39. The van der Waals surface area contributed by atoms with E-state index < -0.39 is 15.7 Å². The van der Waals surface area contributed by atoms with Crippen LogP contribution in [0.2, 0.25) is 5.02 Å². The number of benzene rings is 6. The van der Waals surface area contributed by atoms with E-state index in [4.69, 9.17) is 42.0 Å². The van der Waals surface area contributed by atoms with Crippen molar-refractivity contribution in [3.63, 3.8) is 0 Å². The largest absolute Gasteiger partial charge is 0.399 e. The maximum atomic E-state index is 14.6. The molecule has 16 aromatic rings. The number of sulfone groups is 1. The van der Waals surface area contributed by atoms with Gasteiger partial charge in [0.2, 0.25) is 0 Å². The van der Waals surface area contributed by atoms with Crippen molar-refractivity contribution in [1.29, 1.82) is 0 Å². The number of anilines is 6. The second-order valence-corrected chi connectivity index (χ2v) is 40.2. The average Bonchev–Trinajstić information content (AvgIpc) is 1.63. The molecule has 30 nitrogen and oxygen atoms in total. The van der Waals surface area contributed by atoms with Crippen LogP contribution in [0.15, 0.2) is 176 Å². The van der Waals surface area contributed by atoms with Crippen LogP contribution in [0.25, 0.3) is 132 Å². The van der Waals surface area contributed by atoms with Gasteiger partial charge in [0.25, 0.3) is 0 Å². The fourth-order valence-electron chi connectivity index (χ4n) is 22.0. The van der Waals surface area contributed by atoms with Crippen molar-refractivity contribution in [3.8, 4) is 44.5 Å². The number of hydrogen-bond acceptors (Lipinski definition) is 26. The van der Waals surface area contributed by atoms with E-state index in [9.17, 15) is 12.8 Å². The average molecular weight is 1890 g/mol. The van der Waals surface area contributed by atoms with E-state index in [1.165, 1.54) is 67.3 Å². The number of aryl methyl sites for hydroxylation is 1. The van der Waals surface area contributed by atoms with Gasteiger partial charge in [-0.1, -0.05) is 48.0 Å². The number of hydrogen-bond donors (Lipinski definition) is 10. The Hall–Kier alpha value is -12.2. The van der Waals surface area contributed by atoms with E-state index in [0.717, 1.165) is 315 Å². The highest BCUT2D eigenvalue weighted by atomic mass is 35.5. The summed E-state index contributed by atoms with van der Waals surface area (Å²) in [6, 6.07) is 45.1. The lowest BCUT2D eigenvalue weighted by Crippen LogP contribution is -2.46. The quantitative estimate of drug-likeness (QED) is 0.0379. The zero-order valence-electron chi connectivity index (χ0n) is 77.4. The Morgan fingerprint density at radius 1 is 0.372 bits per heavy atom. The van der Waals surface area contributed by atoms with Crippen LogP contribution < -0.4 is 32.7 Å². The van der Waals surface area contributed by atoms with E-state index in [0.29, 0.717) is 70.4 Å². The third-order valence-corrected chi connectivity index (χ3v) is 30.8. The molecular formula is C104H118ClFN24O6S. The summed E-state index contributed by atoms with van der Waals surface area (Å²) >= 11 is 6.50. The number of H-pyrrole nitrogens is 4. The minimum atomic E-state index is -3.63. The third-order valence-electron chi connectivity index (χ3n) is 29.4. The van der Waals surface area contributed by atoms with Crippen molar-refractivity contribution in [2.45, 2.75) is 163 Å². The lowest BCUT2D eigenvalue weighted by molar-refractivity contribution is 0.00788. The molecule has 0 bridgehead atoms. The molecule has 14 heterocycles. The summed E-state index contributed by atoms with van der Waals surface area (Å²) in [7, 11) is -3.63. The molecule has 10 aromatic heterocycles. The number of aromatic amines is 4. The zero-order chi connectivity index (χ0) is 93.0. The Morgan fingerprint density at radius 2 is 0.701 bits per heavy atom. The fraction of sp³-hybridized carbons (Fsp3) is 0.404. The number of aromatic nitrogens is 14. The molecule has 137 heavy (non-hydrogen) atoms. The lowest BCUT2D eigenvalue weighted by atomic mass is 9.90. The van der Waals surface area contributed by atoms with Gasteiger partial charge in [-0.15, -0.1) is 0 Å². The minimum Gasteiger partial charge on any atom is -0.399 e. The molecule has 8 fully saturated rings. The van der Waals surface area contributed by atoms with Gasteiger partial charge >= 0.3 is 0 Å². The number of nitrogens with two attached hydrogens (primary N) is 2. The van der Waals surface area contributed by atoms with Gasteiger partial charge in [-0.3, -0.25) is 24.6 Å². The Morgan fingerprint density at radius 3 is 1.04 bits per heavy atom. The smallest absolute Gasteiger partial charge is 0.178 e. The Kier molecular flexibility index (Phi) is 27.2. The maximum Gasteiger partial charge on any atom is 0.178 e. The molecule has 710 valence electrons. The van der Waals surface area contributed by atoms with Crippen molar-refractivity contribution in [2.75, 3.05) is 144 Å². The number of nitrogens with zero attached hydrogens (tertiary/aromatic N) is 14. The first-order valence-electron chi connectivity index (χ1n) is 48.6. The van der Waals surface area contributed by atoms with Crippen LogP contribution in [-0.2, 0) is 28.8 Å². The number of morpholine rings is 4. The molecule has 0 spiro atoms. The molecule has 4 aliphatic heterocycles. The van der Waals surface area contributed by atoms with Gasteiger partial charge in [-0.25, -0.2) is 57.7 Å². The monoisotopic (exact) mass is 1880 g/mol. The summed E-state index contributed by atoms with van der Waals surface area (Å²) in [6.45, 7) is 17.4. The van der Waals surface area contributed by atoms with Gasteiger partial charge in [0.1, 0.15) is 87.7 Å². The van der Waals surface area contributed by atoms with Crippen molar-refractivity contribution >= 4 is 144 Å². The second kappa shape index (κ2) is 40.8. The van der Waals surface area contributed by atoms with Crippen LogP contribution >= 0.6 is 11.6 Å². The predicted molar refractivity (Wildman–Crippen MR) is 543 cm³/mol. The molecule has 8 aliphatic rings. The summed E-state index contributed by atoms with van der Waals surface area (Å²) in [6.07, 6.45) is 31.8. The van der Waals surface area contributed by atoms with Crippen molar-refractivity contribution in [2.24, 2.45) is 0 Å². The van der Waals surface area contributed by atoms with E-state index in [1.807, 2.05) is 61.1 Å². The standard InChI is InChI=1S/C27H30FN5O3S.C26H29ClN6O.C26H30N6O.C25H29N7O/c1-37(34,35)24-9-3-18(15-22(24)28)17-2-8-23-21(14-17)25-26(29-16-30-27(25)32-23)31-19-4-6-20(7-5-19)33-10-12-36-13-11-33;27-22-14-17(28)2-7-20(22)16-1-8-23-21(13-16)24-25(29-15-30-26(24)32-23)31-18-3-5-19(6-4-18)33-9-11-34-12-10-33;1-17-15-27-9-8-21(17)18-2-7-23-22(14-18)24-25(28-16-29-26(24)31-23)30-19-3-5-20(6-4-19)32-10-12-33-13-11-32;26-22-8-2-17(14-27-22)16-1-7-21-20(13-16)23-24(28-15-29-25(23)31-21)30-18-3-5-19(6-4-18)32-9-11-33-12-10-32/h2-3,8-9,14-16,19-20H,4-7,10-13H2,1H3,(H2,29,30,31,32);1-2,7-8,13-15,18-19H,3-6,9-12,28H2,(H2,29,30,31,32);2,7-9,14-16,19-20H,3-6,10-13H2,1H3,(H2,28,29,30,31);1-2,7-8,13-15,18-19H,3-6,9-12H2,(H2,26,27)(H2,28,29,30,31). The summed E-state index contributed by atoms with van der Waals surface area (Å²) in [5, 5.41) is 23.9. The maximum absolute atomic E-state index is 14.6. The van der Waals surface area contributed by atoms with Gasteiger partial charge in [-0.2, -0.15) is 0 Å². The number of nitrogens with one attached hydrogen (secondary N) is 8. The molecule has 0 unspecified atom stereocenters. The van der Waals surface area contributed by atoms with E-state index >= 15 is 0 Å². The summed E-state index contributed by atoms with van der Waals surface area (Å²) in [4.78, 5) is 68.9. The van der Waals surface area contributed by atoms with Gasteiger partial charge in [-0.05, 0) is 240 Å². The SMILES string of the molecule is CS(=O)(=O)c1ccc(-c2ccc3[nH]c4ncnc(NC5CCC(N6CCOCC6)CC5)c4c3c2)cc1F.Cc1cnccc1-c1ccc2[nH]c3ncnc(NC4CCC(N5CCOCC5)CC4)c3c2c1.Nc1ccc(-c2ccc3[nH]c4ncnc(NC5CCC(N6CCOCC6)CC5)c4c3c2)c(Cl)c1.Nc1ccc(-c2ccc3[nH]c4ncnc(NC5CCC(N6CCOCC6)CC5)c4c3c2)cn1. The molecule has 0 radical (unpaired) electrons. The van der Waals surface area contributed by atoms with Crippen LogP contribution in [0, 0.1) is 12.7 Å². The molecule has 0 amide bonds. The molecule has 12 N–H and O–H groups in total. The molecular weight excluding hydrogens is 1770 g/mol. The fourth-order valence-corrected chi connectivity index (χ4v) is 23.1. The molecule has 4 saturated carbocycles. The third kappa shape index (κ3) is 20.3. The van der Waals surface area contributed by atoms with Gasteiger partial charge < -0.3 is 71.6 Å².